The zero-order valence-corrected chi connectivity index (χ0v) is 18.0. The number of alkyl halides is 1. The lowest BCUT2D eigenvalue weighted by Crippen LogP contribution is -2.22. The number of amides is 2. The van der Waals surface area contributed by atoms with E-state index in [4.69, 9.17) is 9.26 Å². The lowest BCUT2D eigenvalue weighted by atomic mass is 10.1. The second kappa shape index (κ2) is 9.59. The minimum Gasteiger partial charge on any atom is -0.494 e. The zero-order valence-electron chi connectivity index (χ0n) is 18.0. The number of ether oxygens (including phenoxy) is 1. The third-order valence-electron chi connectivity index (χ3n) is 4.94. The number of benzene rings is 1. The first-order chi connectivity index (χ1) is 16.0. The Labute approximate surface area is 188 Å². The van der Waals surface area contributed by atoms with Crippen molar-refractivity contribution in [2.75, 3.05) is 31.5 Å². The van der Waals surface area contributed by atoms with Crippen LogP contribution in [0.4, 0.5) is 21.6 Å². The number of nitrogens with zero attached hydrogens (tertiary/aromatic N) is 4. The van der Waals surface area contributed by atoms with E-state index in [0.29, 0.717) is 22.7 Å². The second-order valence-electron chi connectivity index (χ2n) is 7.30. The summed E-state index contributed by atoms with van der Waals surface area (Å²) < 4.78 is 23.2. The third kappa shape index (κ3) is 4.89. The van der Waals surface area contributed by atoms with Crippen LogP contribution in [0.15, 0.2) is 28.8 Å². The van der Waals surface area contributed by atoms with Crippen LogP contribution in [0.5, 0.6) is 5.75 Å². The molecule has 0 aliphatic heterocycles. The van der Waals surface area contributed by atoms with Crippen molar-refractivity contribution in [3.8, 4) is 17.1 Å². The molecule has 3 N–H and O–H groups in total. The second-order valence-corrected chi connectivity index (χ2v) is 7.30. The molecule has 0 atom stereocenters. The number of hydrogen-bond acceptors (Lipinski definition) is 9. The fraction of sp³-hybridized carbons (Fsp3) is 0.333. The number of nitrogens with one attached hydrogen (secondary N) is 3. The Morgan fingerprint density at radius 3 is 2.76 bits per heavy atom. The van der Waals surface area contributed by atoms with Gasteiger partial charge < -0.3 is 25.2 Å². The van der Waals surface area contributed by atoms with Crippen molar-refractivity contribution in [2.45, 2.75) is 19.3 Å². The fourth-order valence-corrected chi connectivity index (χ4v) is 3.13. The molecular formula is C21H22FN7O4. The van der Waals surface area contributed by atoms with Gasteiger partial charge in [0.25, 0.3) is 5.91 Å². The summed E-state index contributed by atoms with van der Waals surface area (Å²) in [5, 5.41) is 20.2. The van der Waals surface area contributed by atoms with E-state index in [9.17, 15) is 14.0 Å². The molecule has 0 bridgehead atoms. The van der Waals surface area contributed by atoms with E-state index in [-0.39, 0.29) is 41.5 Å². The molecule has 2 aromatic heterocycles. The van der Waals surface area contributed by atoms with Gasteiger partial charge in [-0.1, -0.05) is 11.2 Å². The third-order valence-corrected chi connectivity index (χ3v) is 4.94. The molecule has 0 saturated heterocycles. The molecule has 1 aliphatic carbocycles. The maximum atomic E-state index is 12.6. The smallest absolute Gasteiger partial charge is 0.273 e. The molecular weight excluding hydrogens is 433 g/mol. The molecule has 1 aliphatic rings. The SMILES string of the molecule is CNC(=O)c1nnc(NC(=O)C2CC2)cc1Nc1cccc(-c2noc(CCF)n2)c1OC. The van der Waals surface area contributed by atoms with Gasteiger partial charge in [0.15, 0.2) is 17.3 Å². The van der Waals surface area contributed by atoms with Gasteiger partial charge in [0.2, 0.25) is 17.6 Å². The largest absolute Gasteiger partial charge is 0.494 e. The van der Waals surface area contributed by atoms with Crippen LogP contribution in [-0.4, -0.2) is 53.0 Å². The van der Waals surface area contributed by atoms with Crippen LogP contribution in [0.2, 0.25) is 0 Å². The highest BCUT2D eigenvalue weighted by molar-refractivity contribution is 6.00. The molecule has 172 valence electrons. The van der Waals surface area contributed by atoms with Crippen LogP contribution in [0.3, 0.4) is 0 Å². The van der Waals surface area contributed by atoms with E-state index in [0.717, 1.165) is 12.8 Å². The number of aryl methyl sites for hydroxylation is 1. The van der Waals surface area contributed by atoms with Gasteiger partial charge in [-0.15, -0.1) is 10.2 Å². The molecule has 11 nitrogen and oxygen atoms in total. The van der Waals surface area contributed by atoms with Crippen molar-refractivity contribution in [3.05, 3.63) is 35.9 Å². The zero-order chi connectivity index (χ0) is 23.4. The van der Waals surface area contributed by atoms with Crippen LogP contribution in [0, 0.1) is 5.92 Å². The molecule has 1 aromatic carbocycles. The molecule has 2 amide bonds. The number of methoxy groups -OCH3 is 1. The maximum Gasteiger partial charge on any atom is 0.273 e. The van der Waals surface area contributed by atoms with E-state index in [1.54, 1.807) is 18.2 Å². The normalized spacial score (nSPS) is 12.8. The Balaban J connectivity index is 1.69. The van der Waals surface area contributed by atoms with E-state index in [1.165, 1.54) is 20.2 Å². The van der Waals surface area contributed by atoms with Crippen LogP contribution < -0.4 is 20.7 Å². The Kier molecular flexibility index (Phi) is 6.43. The number of anilines is 3. The van der Waals surface area contributed by atoms with Gasteiger partial charge in [-0.05, 0) is 25.0 Å². The van der Waals surface area contributed by atoms with Crippen LogP contribution in [0.1, 0.15) is 29.2 Å². The summed E-state index contributed by atoms with van der Waals surface area (Å²) in [5.41, 5.74) is 1.31. The average molecular weight is 455 g/mol. The molecule has 0 unspecified atom stereocenters. The molecule has 1 saturated carbocycles. The highest BCUT2D eigenvalue weighted by Crippen LogP contribution is 2.37. The molecule has 33 heavy (non-hydrogen) atoms. The quantitative estimate of drug-likeness (QED) is 0.443. The standard InChI is InChI=1S/C21H22FN7O4/c1-23-21(31)17-14(10-15(27-28-17)25-20(30)11-6-7-11)24-13-5-3-4-12(18(13)32-2)19-26-16(8-9-22)33-29-19/h3-5,10-11H,6-9H2,1-2H3,(H,23,31)(H2,24,25,27,30). The number of para-hydroxylation sites is 1. The van der Waals surface area contributed by atoms with E-state index >= 15 is 0 Å². The number of carbonyl (C=O) groups excluding carboxylic acids is 2. The first-order valence-electron chi connectivity index (χ1n) is 10.3. The van der Waals surface area contributed by atoms with Gasteiger partial charge in [-0.2, -0.15) is 4.98 Å². The van der Waals surface area contributed by atoms with Gasteiger partial charge in [0.1, 0.15) is 0 Å². The van der Waals surface area contributed by atoms with Crippen molar-refractivity contribution >= 4 is 29.0 Å². The minimum atomic E-state index is -0.614. The average Bonchev–Trinajstić information content (AvgIpc) is 3.58. The van der Waals surface area contributed by atoms with Gasteiger partial charge in [0.05, 0.1) is 37.1 Å². The molecule has 1 fully saturated rings. The highest BCUT2D eigenvalue weighted by atomic mass is 19.1. The summed E-state index contributed by atoms with van der Waals surface area (Å²) in [5.74, 6) is 0.369. The topological polar surface area (TPSA) is 144 Å². The number of rotatable bonds is 9. The maximum absolute atomic E-state index is 12.6. The number of carbonyl (C=O) groups is 2. The van der Waals surface area contributed by atoms with Gasteiger partial charge >= 0.3 is 0 Å². The summed E-state index contributed by atoms with van der Waals surface area (Å²) in [6.07, 6.45) is 1.70. The van der Waals surface area contributed by atoms with E-state index < -0.39 is 12.6 Å². The summed E-state index contributed by atoms with van der Waals surface area (Å²) in [7, 11) is 2.95. The predicted octanol–water partition coefficient (Wildman–Crippen LogP) is 2.50. The number of aromatic nitrogens is 4. The Morgan fingerprint density at radius 1 is 1.24 bits per heavy atom. The van der Waals surface area contributed by atoms with E-state index in [1.807, 2.05) is 0 Å². The van der Waals surface area contributed by atoms with Gasteiger partial charge in [-0.3, -0.25) is 14.0 Å². The van der Waals surface area contributed by atoms with Crippen LogP contribution in [-0.2, 0) is 11.2 Å². The van der Waals surface area contributed by atoms with Crippen LogP contribution in [0.25, 0.3) is 11.4 Å². The molecule has 4 rings (SSSR count). The van der Waals surface area contributed by atoms with Crippen molar-refractivity contribution in [3.63, 3.8) is 0 Å². The summed E-state index contributed by atoms with van der Waals surface area (Å²) in [6, 6.07) is 6.70. The van der Waals surface area contributed by atoms with Crippen molar-refractivity contribution in [1.82, 2.24) is 25.7 Å². The summed E-state index contributed by atoms with van der Waals surface area (Å²) in [6.45, 7) is -0.614. The van der Waals surface area contributed by atoms with Crippen molar-refractivity contribution in [2.24, 2.45) is 5.92 Å². The number of hydrogen-bond donors (Lipinski definition) is 3. The lowest BCUT2D eigenvalue weighted by molar-refractivity contribution is -0.117. The van der Waals surface area contributed by atoms with E-state index in [2.05, 4.69) is 36.3 Å². The van der Waals surface area contributed by atoms with Crippen LogP contribution >= 0.6 is 0 Å². The molecule has 12 heteroatoms. The van der Waals surface area contributed by atoms with Gasteiger partial charge in [-0.25, -0.2) is 0 Å². The summed E-state index contributed by atoms with van der Waals surface area (Å²) >= 11 is 0. The fourth-order valence-electron chi connectivity index (χ4n) is 3.13. The first-order valence-corrected chi connectivity index (χ1v) is 10.3. The molecule has 0 radical (unpaired) electrons. The monoisotopic (exact) mass is 455 g/mol. The summed E-state index contributed by atoms with van der Waals surface area (Å²) in [4.78, 5) is 28.7. The Morgan fingerprint density at radius 2 is 2.06 bits per heavy atom. The Bertz CT molecular complexity index is 1180. The van der Waals surface area contributed by atoms with Crippen molar-refractivity contribution < 1.29 is 23.2 Å². The lowest BCUT2D eigenvalue weighted by Gasteiger charge is -2.16. The molecule has 0 spiro atoms. The number of halogens is 1. The highest BCUT2D eigenvalue weighted by Gasteiger charge is 2.30. The first kappa shape index (κ1) is 22.1. The predicted molar refractivity (Wildman–Crippen MR) is 116 cm³/mol. The van der Waals surface area contributed by atoms with Gasteiger partial charge in [0, 0.05) is 19.0 Å². The molecule has 3 aromatic rings. The molecule has 2 heterocycles. The Hall–Kier alpha value is -4.09. The van der Waals surface area contributed by atoms with Crippen molar-refractivity contribution in [1.29, 1.82) is 0 Å². The minimum absolute atomic E-state index is 0.0147.